The molecule has 0 unspecified atom stereocenters. The minimum atomic E-state index is -3.73. The molecule has 19 heavy (non-hydrogen) atoms. The number of nitrogens with two attached hydrogens (primary N) is 1. The van der Waals surface area contributed by atoms with Gasteiger partial charge in [0.1, 0.15) is 4.90 Å². The predicted molar refractivity (Wildman–Crippen MR) is 72.0 cm³/mol. The number of sulfonamides is 1. The number of carbonyl (C=O) groups excluding carboxylic acids is 1. The molecule has 7 heteroatoms. The maximum atomic E-state index is 12.6. The number of carbonyl (C=O) groups is 1. The Bertz CT molecular complexity index is 578. The van der Waals surface area contributed by atoms with Gasteiger partial charge in [-0.1, -0.05) is 12.1 Å². The molecule has 3 N–H and O–H groups in total. The molecule has 2 rings (SSSR count). The van der Waals surface area contributed by atoms with E-state index >= 15 is 0 Å². The van der Waals surface area contributed by atoms with Gasteiger partial charge in [0.2, 0.25) is 15.9 Å². The summed E-state index contributed by atoms with van der Waals surface area (Å²) in [5.41, 5.74) is 6.58. The third kappa shape index (κ3) is 2.71. The van der Waals surface area contributed by atoms with Gasteiger partial charge in [-0.15, -0.1) is 0 Å². The molecule has 0 aromatic heterocycles. The fourth-order valence-corrected chi connectivity index (χ4v) is 3.90. The highest BCUT2D eigenvalue weighted by Crippen LogP contribution is 2.26. The maximum Gasteiger partial charge on any atom is 0.245 e. The van der Waals surface area contributed by atoms with Gasteiger partial charge < -0.3 is 11.1 Å². The van der Waals surface area contributed by atoms with Crippen molar-refractivity contribution >= 4 is 21.6 Å². The van der Waals surface area contributed by atoms with Crippen LogP contribution in [-0.4, -0.2) is 38.3 Å². The molecule has 1 aliphatic heterocycles. The van der Waals surface area contributed by atoms with E-state index in [-0.39, 0.29) is 23.0 Å². The molecule has 1 heterocycles. The number of hydrogen-bond acceptors (Lipinski definition) is 4. The summed E-state index contributed by atoms with van der Waals surface area (Å²) in [6.45, 7) is 2.35. The average Bonchev–Trinajstić information content (AvgIpc) is 2.53. The Morgan fingerprint density at radius 1 is 1.37 bits per heavy atom. The first-order valence-corrected chi connectivity index (χ1v) is 7.49. The van der Waals surface area contributed by atoms with Crippen molar-refractivity contribution in [3.63, 3.8) is 0 Å². The van der Waals surface area contributed by atoms with Crippen LogP contribution in [0, 0.1) is 6.92 Å². The van der Waals surface area contributed by atoms with Crippen LogP contribution in [0.15, 0.2) is 23.1 Å². The standard InChI is InChI=1S/C12H17N3O3S/c1-9-4-2-5-10(13)12(9)19(17,18)15-7-3-6-14-11(16)8-15/h2,4-5H,3,6-8,13H2,1H3,(H,14,16). The highest BCUT2D eigenvalue weighted by molar-refractivity contribution is 7.89. The number of nitrogen functional groups attached to an aromatic ring is 1. The Balaban J connectivity index is 2.44. The second-order valence-electron chi connectivity index (χ2n) is 4.54. The number of anilines is 1. The fraction of sp³-hybridized carbons (Fsp3) is 0.417. The van der Waals surface area contributed by atoms with Crippen molar-refractivity contribution in [3.05, 3.63) is 23.8 Å². The molecule has 1 fully saturated rings. The number of hydrogen-bond donors (Lipinski definition) is 2. The highest BCUT2D eigenvalue weighted by atomic mass is 32.2. The van der Waals surface area contributed by atoms with Crippen LogP contribution in [0.4, 0.5) is 5.69 Å². The summed E-state index contributed by atoms with van der Waals surface area (Å²) in [6.07, 6.45) is 0.594. The Morgan fingerprint density at radius 3 is 2.79 bits per heavy atom. The van der Waals surface area contributed by atoms with E-state index in [0.717, 1.165) is 0 Å². The van der Waals surface area contributed by atoms with Gasteiger partial charge in [-0.25, -0.2) is 8.42 Å². The summed E-state index contributed by atoms with van der Waals surface area (Å²) in [5, 5.41) is 2.65. The zero-order valence-electron chi connectivity index (χ0n) is 10.7. The molecule has 104 valence electrons. The van der Waals surface area contributed by atoms with Gasteiger partial charge in [0.25, 0.3) is 0 Å². The van der Waals surface area contributed by atoms with E-state index in [0.29, 0.717) is 25.1 Å². The number of nitrogens with zero attached hydrogens (tertiary/aromatic N) is 1. The van der Waals surface area contributed by atoms with Crippen molar-refractivity contribution < 1.29 is 13.2 Å². The largest absolute Gasteiger partial charge is 0.398 e. The minimum Gasteiger partial charge on any atom is -0.398 e. The van der Waals surface area contributed by atoms with Gasteiger partial charge in [-0.2, -0.15) is 4.31 Å². The fourth-order valence-electron chi connectivity index (χ4n) is 2.14. The molecule has 0 bridgehead atoms. The Morgan fingerprint density at radius 2 is 2.11 bits per heavy atom. The van der Waals surface area contributed by atoms with Crippen LogP contribution < -0.4 is 11.1 Å². The van der Waals surface area contributed by atoms with Crippen molar-refractivity contribution in [2.45, 2.75) is 18.2 Å². The average molecular weight is 283 g/mol. The van der Waals surface area contributed by atoms with Gasteiger partial charge in [-0.3, -0.25) is 4.79 Å². The maximum absolute atomic E-state index is 12.6. The van der Waals surface area contributed by atoms with Gasteiger partial charge in [0, 0.05) is 13.1 Å². The van der Waals surface area contributed by atoms with Crippen LogP contribution in [0.1, 0.15) is 12.0 Å². The molecular weight excluding hydrogens is 266 g/mol. The van der Waals surface area contributed by atoms with E-state index in [4.69, 9.17) is 5.73 Å². The molecule has 1 aromatic rings. The summed E-state index contributed by atoms with van der Waals surface area (Å²) in [4.78, 5) is 11.6. The molecule has 1 saturated heterocycles. The third-order valence-electron chi connectivity index (χ3n) is 3.07. The summed E-state index contributed by atoms with van der Waals surface area (Å²) in [7, 11) is -3.73. The summed E-state index contributed by atoms with van der Waals surface area (Å²) < 4.78 is 26.4. The lowest BCUT2D eigenvalue weighted by atomic mass is 10.2. The summed E-state index contributed by atoms with van der Waals surface area (Å²) in [6, 6.07) is 4.96. The zero-order valence-corrected chi connectivity index (χ0v) is 11.5. The van der Waals surface area contributed by atoms with Crippen LogP contribution in [0.2, 0.25) is 0 Å². The molecule has 1 aromatic carbocycles. The normalized spacial score (nSPS) is 17.8. The SMILES string of the molecule is Cc1cccc(N)c1S(=O)(=O)N1CCCNC(=O)C1. The van der Waals surface area contributed by atoms with E-state index in [1.807, 2.05) is 0 Å². The molecule has 0 aliphatic carbocycles. The van der Waals surface area contributed by atoms with Crippen molar-refractivity contribution in [2.75, 3.05) is 25.4 Å². The van der Waals surface area contributed by atoms with Crippen LogP contribution in [-0.2, 0) is 14.8 Å². The zero-order chi connectivity index (χ0) is 14.0. The van der Waals surface area contributed by atoms with Gasteiger partial charge in [0.05, 0.1) is 12.2 Å². The predicted octanol–water partition coefficient (Wildman–Crippen LogP) is 0.0878. The topological polar surface area (TPSA) is 92.5 Å². The molecule has 0 saturated carbocycles. The highest BCUT2D eigenvalue weighted by Gasteiger charge is 2.30. The van der Waals surface area contributed by atoms with Crippen molar-refractivity contribution in [1.29, 1.82) is 0 Å². The molecule has 0 atom stereocenters. The number of aryl methyl sites for hydroxylation is 1. The van der Waals surface area contributed by atoms with Gasteiger partial charge in [0.15, 0.2) is 0 Å². The molecule has 1 aliphatic rings. The number of amides is 1. The van der Waals surface area contributed by atoms with Crippen molar-refractivity contribution in [2.24, 2.45) is 0 Å². The Hall–Kier alpha value is -1.60. The smallest absolute Gasteiger partial charge is 0.245 e. The lowest BCUT2D eigenvalue weighted by molar-refractivity contribution is -0.120. The third-order valence-corrected chi connectivity index (χ3v) is 5.13. The van der Waals surface area contributed by atoms with E-state index in [1.54, 1.807) is 25.1 Å². The Labute approximate surface area is 112 Å². The first-order chi connectivity index (χ1) is 8.93. The number of rotatable bonds is 2. The van der Waals surface area contributed by atoms with E-state index in [1.165, 1.54) is 4.31 Å². The second kappa shape index (κ2) is 5.18. The van der Waals surface area contributed by atoms with Gasteiger partial charge >= 0.3 is 0 Å². The van der Waals surface area contributed by atoms with E-state index in [2.05, 4.69) is 5.32 Å². The molecular formula is C12H17N3O3S. The van der Waals surface area contributed by atoms with Gasteiger partial charge in [-0.05, 0) is 25.0 Å². The minimum absolute atomic E-state index is 0.102. The first-order valence-electron chi connectivity index (χ1n) is 6.05. The number of benzene rings is 1. The van der Waals surface area contributed by atoms with Crippen molar-refractivity contribution in [1.82, 2.24) is 9.62 Å². The lowest BCUT2D eigenvalue weighted by Crippen LogP contribution is -2.37. The molecule has 0 radical (unpaired) electrons. The van der Waals surface area contributed by atoms with Crippen LogP contribution in [0.3, 0.4) is 0 Å². The Kier molecular flexibility index (Phi) is 3.77. The number of nitrogens with one attached hydrogen (secondary N) is 1. The van der Waals surface area contributed by atoms with E-state index < -0.39 is 10.0 Å². The van der Waals surface area contributed by atoms with Crippen LogP contribution in [0.5, 0.6) is 0 Å². The lowest BCUT2D eigenvalue weighted by Gasteiger charge is -2.21. The van der Waals surface area contributed by atoms with Crippen molar-refractivity contribution in [3.8, 4) is 0 Å². The monoisotopic (exact) mass is 283 g/mol. The van der Waals surface area contributed by atoms with E-state index in [9.17, 15) is 13.2 Å². The van der Waals surface area contributed by atoms with Crippen LogP contribution >= 0.6 is 0 Å². The molecule has 0 spiro atoms. The van der Waals surface area contributed by atoms with Crippen LogP contribution in [0.25, 0.3) is 0 Å². The first kappa shape index (κ1) is 13.8. The quantitative estimate of drug-likeness (QED) is 0.752. The molecule has 6 nitrogen and oxygen atoms in total. The second-order valence-corrected chi connectivity index (χ2v) is 6.41. The summed E-state index contributed by atoms with van der Waals surface area (Å²) in [5.74, 6) is -0.284. The molecule has 1 amide bonds. The summed E-state index contributed by atoms with van der Waals surface area (Å²) >= 11 is 0.